The van der Waals surface area contributed by atoms with Crippen molar-refractivity contribution in [2.45, 2.75) is 6.92 Å². The van der Waals surface area contributed by atoms with Gasteiger partial charge in [0.05, 0.1) is 16.8 Å². The number of β-amino-alcohol motifs (C(OH)–C–C–N with tert-alkyl or cyclic N) is 1. The molecule has 0 bridgehead atoms. The summed E-state index contributed by atoms with van der Waals surface area (Å²) < 4.78 is 0.959. The molecule has 1 amide bonds. The van der Waals surface area contributed by atoms with Crippen molar-refractivity contribution in [2.24, 2.45) is 0 Å². The molecule has 0 aliphatic carbocycles. The van der Waals surface area contributed by atoms with Crippen LogP contribution in [0.2, 0.25) is 0 Å². The third-order valence-electron chi connectivity index (χ3n) is 6.04. The van der Waals surface area contributed by atoms with Crippen LogP contribution in [0.5, 0.6) is 0 Å². The van der Waals surface area contributed by atoms with Gasteiger partial charge in [0, 0.05) is 74.9 Å². The highest BCUT2D eigenvalue weighted by Gasteiger charge is 2.19. The number of aliphatic hydroxyl groups excluding tert-OH is 1. The van der Waals surface area contributed by atoms with Crippen molar-refractivity contribution in [1.82, 2.24) is 30.2 Å². The second-order valence-electron chi connectivity index (χ2n) is 8.59. The number of anilines is 3. The molecular formula is C25H28N8O2S. The van der Waals surface area contributed by atoms with Crippen molar-refractivity contribution in [1.29, 1.82) is 0 Å². The van der Waals surface area contributed by atoms with E-state index in [4.69, 9.17) is 15.1 Å². The van der Waals surface area contributed by atoms with Crippen molar-refractivity contribution >= 4 is 45.0 Å². The summed E-state index contributed by atoms with van der Waals surface area (Å²) in [6.45, 7) is 6.20. The molecule has 3 aromatic heterocycles. The lowest BCUT2D eigenvalue weighted by Crippen LogP contribution is -2.47. The lowest BCUT2D eigenvalue weighted by molar-refractivity contribution is 0.0963. The maximum atomic E-state index is 12.0. The van der Waals surface area contributed by atoms with E-state index in [9.17, 15) is 4.79 Å². The Morgan fingerprint density at radius 3 is 2.69 bits per heavy atom. The topological polar surface area (TPSA) is 119 Å². The highest BCUT2D eigenvalue weighted by molar-refractivity contribution is 7.21. The summed E-state index contributed by atoms with van der Waals surface area (Å²) in [7, 11) is 1.62. The molecule has 1 aliphatic rings. The molecule has 4 heterocycles. The summed E-state index contributed by atoms with van der Waals surface area (Å²) in [5.74, 6) is 1.89. The highest BCUT2D eigenvalue weighted by atomic mass is 32.1. The Bertz CT molecular complexity index is 1380. The Morgan fingerprint density at radius 1 is 1.08 bits per heavy atom. The van der Waals surface area contributed by atoms with Gasteiger partial charge in [0.15, 0.2) is 0 Å². The van der Waals surface area contributed by atoms with Gasteiger partial charge in [-0.1, -0.05) is 12.1 Å². The summed E-state index contributed by atoms with van der Waals surface area (Å²) in [6, 6.07) is 11.2. The summed E-state index contributed by atoms with van der Waals surface area (Å²) in [4.78, 5) is 35.1. The number of thiazole rings is 1. The zero-order valence-corrected chi connectivity index (χ0v) is 21.0. The fourth-order valence-corrected chi connectivity index (χ4v) is 5.08. The summed E-state index contributed by atoms with van der Waals surface area (Å²) in [5.41, 5.74) is 3.18. The van der Waals surface area contributed by atoms with Gasteiger partial charge in [0.2, 0.25) is 5.95 Å². The van der Waals surface area contributed by atoms with E-state index in [2.05, 4.69) is 30.4 Å². The zero-order valence-electron chi connectivity index (χ0n) is 20.2. The third-order valence-corrected chi connectivity index (χ3v) is 7.10. The minimum atomic E-state index is -0.127. The van der Waals surface area contributed by atoms with Crippen LogP contribution in [-0.2, 0) is 0 Å². The smallest absolute Gasteiger partial charge is 0.251 e. The molecule has 11 heteroatoms. The number of aromatic nitrogens is 4. The molecule has 36 heavy (non-hydrogen) atoms. The second-order valence-corrected chi connectivity index (χ2v) is 9.62. The van der Waals surface area contributed by atoms with Crippen LogP contribution in [0.3, 0.4) is 0 Å². The van der Waals surface area contributed by atoms with Crippen LogP contribution in [0.25, 0.3) is 20.8 Å². The molecule has 0 saturated carbocycles. The van der Waals surface area contributed by atoms with Crippen LogP contribution in [0.1, 0.15) is 16.1 Å². The first-order valence-electron chi connectivity index (χ1n) is 11.8. The summed E-state index contributed by atoms with van der Waals surface area (Å²) >= 11 is 1.54. The molecule has 0 unspecified atom stereocenters. The number of piperazine rings is 1. The van der Waals surface area contributed by atoms with E-state index in [0.717, 1.165) is 52.7 Å². The number of fused-ring (bicyclic) bond motifs is 1. The first-order valence-corrected chi connectivity index (χ1v) is 12.6. The SMILES string of the molecule is CNC(=O)c1cccc(-c2nc3cc(Nc4cc(C)nc(N5CCN(CCO)CC5)n4)ncc3s2)c1. The van der Waals surface area contributed by atoms with Gasteiger partial charge in [-0.15, -0.1) is 11.3 Å². The Morgan fingerprint density at radius 2 is 1.92 bits per heavy atom. The Labute approximate surface area is 213 Å². The zero-order chi connectivity index (χ0) is 25.1. The Kier molecular flexibility index (Phi) is 7.03. The number of carbonyl (C=O) groups excluding carboxylic acids is 1. The highest BCUT2D eigenvalue weighted by Crippen LogP contribution is 2.31. The van der Waals surface area contributed by atoms with Crippen molar-refractivity contribution in [2.75, 3.05) is 56.6 Å². The summed E-state index contributed by atoms with van der Waals surface area (Å²) in [5, 5.41) is 16.0. The second kappa shape index (κ2) is 10.5. The minimum absolute atomic E-state index is 0.127. The van der Waals surface area contributed by atoms with Crippen LogP contribution in [0.15, 0.2) is 42.6 Å². The average Bonchev–Trinajstić information content (AvgIpc) is 3.32. The molecule has 186 valence electrons. The maximum Gasteiger partial charge on any atom is 0.251 e. The van der Waals surface area contributed by atoms with Crippen LogP contribution in [0, 0.1) is 6.92 Å². The monoisotopic (exact) mass is 504 g/mol. The largest absolute Gasteiger partial charge is 0.395 e. The van der Waals surface area contributed by atoms with E-state index in [0.29, 0.717) is 29.7 Å². The number of nitrogens with one attached hydrogen (secondary N) is 2. The van der Waals surface area contributed by atoms with Crippen molar-refractivity contribution in [3.05, 3.63) is 53.9 Å². The van der Waals surface area contributed by atoms with Gasteiger partial charge in [-0.3, -0.25) is 9.69 Å². The van der Waals surface area contributed by atoms with E-state index >= 15 is 0 Å². The number of aliphatic hydroxyl groups is 1. The molecule has 10 nitrogen and oxygen atoms in total. The van der Waals surface area contributed by atoms with E-state index < -0.39 is 0 Å². The fourth-order valence-electron chi connectivity index (χ4n) is 4.17. The molecule has 0 atom stereocenters. The number of aryl methyl sites for hydroxylation is 1. The van der Waals surface area contributed by atoms with Gasteiger partial charge in [0.1, 0.15) is 16.6 Å². The molecule has 0 radical (unpaired) electrons. The van der Waals surface area contributed by atoms with E-state index in [1.807, 2.05) is 37.3 Å². The number of amides is 1. The van der Waals surface area contributed by atoms with Crippen LogP contribution < -0.4 is 15.5 Å². The van der Waals surface area contributed by atoms with Gasteiger partial charge in [0.25, 0.3) is 5.91 Å². The Hall–Kier alpha value is -3.67. The third kappa shape index (κ3) is 5.27. The number of benzene rings is 1. The molecular weight excluding hydrogens is 476 g/mol. The van der Waals surface area contributed by atoms with Gasteiger partial charge < -0.3 is 20.6 Å². The predicted octanol–water partition coefficient (Wildman–Crippen LogP) is 2.67. The first kappa shape index (κ1) is 24.0. The van der Waals surface area contributed by atoms with Crippen molar-refractivity contribution in [3.63, 3.8) is 0 Å². The van der Waals surface area contributed by atoms with Crippen molar-refractivity contribution < 1.29 is 9.90 Å². The molecule has 4 aromatic rings. The lowest BCUT2D eigenvalue weighted by Gasteiger charge is -2.34. The number of rotatable bonds is 7. The predicted molar refractivity (Wildman–Crippen MR) is 142 cm³/mol. The molecule has 5 rings (SSSR count). The number of hydrogen-bond acceptors (Lipinski definition) is 10. The molecule has 1 aromatic carbocycles. The average molecular weight is 505 g/mol. The lowest BCUT2D eigenvalue weighted by atomic mass is 10.1. The number of hydrogen-bond donors (Lipinski definition) is 3. The van der Waals surface area contributed by atoms with E-state index in [1.54, 1.807) is 19.3 Å². The van der Waals surface area contributed by atoms with Gasteiger partial charge in [-0.25, -0.2) is 15.0 Å². The molecule has 1 aliphatic heterocycles. The number of nitrogens with zero attached hydrogens (tertiary/aromatic N) is 6. The van der Waals surface area contributed by atoms with Gasteiger partial charge >= 0.3 is 0 Å². The summed E-state index contributed by atoms with van der Waals surface area (Å²) in [6.07, 6.45) is 1.80. The van der Waals surface area contributed by atoms with Gasteiger partial charge in [-0.05, 0) is 19.1 Å². The van der Waals surface area contributed by atoms with Crippen LogP contribution in [-0.4, -0.2) is 82.2 Å². The van der Waals surface area contributed by atoms with E-state index in [1.165, 1.54) is 11.3 Å². The quantitative estimate of drug-likeness (QED) is 0.349. The minimum Gasteiger partial charge on any atom is -0.395 e. The first-order chi connectivity index (χ1) is 17.5. The molecule has 0 spiro atoms. The molecule has 1 fully saturated rings. The molecule has 3 N–H and O–H groups in total. The van der Waals surface area contributed by atoms with Crippen LogP contribution >= 0.6 is 11.3 Å². The normalized spacial score (nSPS) is 14.2. The number of pyridine rings is 1. The maximum absolute atomic E-state index is 12.0. The van der Waals surface area contributed by atoms with Gasteiger partial charge in [-0.2, -0.15) is 4.98 Å². The number of carbonyl (C=O) groups is 1. The van der Waals surface area contributed by atoms with Crippen LogP contribution in [0.4, 0.5) is 17.6 Å². The standard InChI is InChI=1S/C25H28N8O2S/c1-16-12-22(31-25(28-16)33-8-6-32(7-9-33)10-11-34)30-21-14-19-20(15-27-21)36-24(29-19)18-5-3-4-17(13-18)23(35)26-2/h3-5,12-15,34H,6-11H2,1-2H3,(H,26,35)(H,27,28,30,31). The van der Waals surface area contributed by atoms with E-state index in [-0.39, 0.29) is 12.5 Å². The van der Waals surface area contributed by atoms with Crippen molar-refractivity contribution in [3.8, 4) is 10.6 Å². The fraction of sp³-hybridized carbons (Fsp3) is 0.320. The Balaban J connectivity index is 1.35. The molecule has 1 saturated heterocycles.